The zero-order chi connectivity index (χ0) is 65.8. The van der Waals surface area contributed by atoms with Gasteiger partial charge in [0.05, 0.1) is 77.3 Å². The summed E-state index contributed by atoms with van der Waals surface area (Å²) in [6, 6.07) is 101. The number of aromatic nitrogens is 6. The number of anilines is 1. The molecule has 0 bridgehead atoms. The standard InChI is InChI=1S/C38H27BrN2O3S.C38H24N4S.C8H7NS.CH4/c1-25-14-18-29(19-15-25)45(42,43)44-24-26-22-27(16-20-34(26)39)40-37-13-7-4-10-32(37)33-23-28(17-21-38(33)40)41-35-11-5-2-8-30(35)31-9-3-6-12-36(31)41;1-5-13-33-27(9-1)28-10-2-6-14-34(28)41(33)26-18-20-36-30(22-26)29-11-3-7-15-35(29)40(36)25-17-19-32-24(21-25)23-43-38-39-31-12-4-8-16-37(31)42(32)38;10-8-5-6-3-1-2-4-7(6)9-8;/h2-23H,24H2,1H3;1-22H,23H2;1-4H,5H2,(H,9,10);1H4. The Labute approximate surface area is 589 Å². The average molecular weight is 1410 g/mol. The Balaban J connectivity index is 0.000000129. The minimum Gasteiger partial charge on any atom is -0.350 e. The number of hydrogen-bond acceptors (Lipinski definition) is 6. The van der Waals surface area contributed by atoms with E-state index in [9.17, 15) is 8.42 Å². The highest BCUT2D eigenvalue weighted by molar-refractivity contribution is 9.10. The first-order valence-corrected chi connectivity index (χ1v) is 36.1. The Morgan fingerprint density at radius 2 is 0.859 bits per heavy atom. The lowest BCUT2D eigenvalue weighted by Gasteiger charge is -2.20. The molecule has 10 nitrogen and oxygen atoms in total. The summed E-state index contributed by atoms with van der Waals surface area (Å²) in [5.41, 5.74) is 22.7. The van der Waals surface area contributed by atoms with Gasteiger partial charge in [-0.15, -0.1) is 0 Å². The highest BCUT2D eigenvalue weighted by Crippen LogP contribution is 2.43. The first kappa shape index (κ1) is 61.7. The molecule has 2 aliphatic heterocycles. The highest BCUT2D eigenvalue weighted by atomic mass is 79.9. The molecule has 13 aromatic carbocycles. The minimum atomic E-state index is -3.92. The number of hydrogen-bond donors (Lipinski definition) is 1. The molecule has 0 amide bonds. The van der Waals surface area contributed by atoms with E-state index in [1.807, 2.05) is 55.1 Å². The number of halogens is 1. The van der Waals surface area contributed by atoms with Gasteiger partial charge in [0.1, 0.15) is 0 Å². The third kappa shape index (κ3) is 10.6. The Kier molecular flexibility index (Phi) is 15.5. The van der Waals surface area contributed by atoms with Gasteiger partial charge in [-0.3, -0.25) is 8.75 Å². The number of thiocarbonyl (C=S) groups is 1. The van der Waals surface area contributed by atoms with Crippen LogP contribution in [0.2, 0.25) is 0 Å². The lowest BCUT2D eigenvalue weighted by Crippen LogP contribution is -2.07. The van der Waals surface area contributed by atoms with Crippen molar-refractivity contribution in [2.75, 3.05) is 5.32 Å². The molecule has 5 aromatic heterocycles. The van der Waals surface area contributed by atoms with E-state index < -0.39 is 10.1 Å². The Morgan fingerprint density at radius 3 is 1.37 bits per heavy atom. The lowest BCUT2D eigenvalue weighted by molar-refractivity contribution is 0.307. The second-order valence-corrected chi connectivity index (χ2v) is 28.8. The van der Waals surface area contributed by atoms with Crippen LogP contribution in [0.15, 0.2) is 306 Å². The van der Waals surface area contributed by atoms with Gasteiger partial charge in [0.25, 0.3) is 10.1 Å². The molecule has 0 radical (unpaired) electrons. The van der Waals surface area contributed by atoms with Crippen LogP contribution in [0, 0.1) is 6.92 Å². The highest BCUT2D eigenvalue weighted by Gasteiger charge is 2.25. The molecule has 18 aromatic rings. The maximum absolute atomic E-state index is 12.9. The lowest BCUT2D eigenvalue weighted by atomic mass is 10.1. The van der Waals surface area contributed by atoms with Crippen LogP contribution in [0.25, 0.3) is 127 Å². The monoisotopic (exact) mass is 1400 g/mol. The summed E-state index contributed by atoms with van der Waals surface area (Å²) in [6.45, 7) is 1.82. The number of imidazole rings is 1. The molecule has 1 N–H and O–H groups in total. The molecule has 0 unspecified atom stereocenters. The van der Waals surface area contributed by atoms with Crippen LogP contribution in [0.5, 0.6) is 0 Å². The third-order valence-corrected chi connectivity index (χ3v) is 22.3. The fraction of sp³-hybridized carbons (Fsp3) is 0.0588. The number of nitrogens with zero attached hydrogens (tertiary/aromatic N) is 6. The molecule has 20 rings (SSSR count). The molecular formula is C85H62BrN7O3S3. The average Bonchev–Trinajstić information content (AvgIpc) is 1.60. The summed E-state index contributed by atoms with van der Waals surface area (Å²) in [7, 11) is -3.92. The van der Waals surface area contributed by atoms with Crippen molar-refractivity contribution in [3.05, 3.63) is 318 Å². The summed E-state index contributed by atoms with van der Waals surface area (Å²) in [6.07, 6.45) is 0.908. The molecule has 99 heavy (non-hydrogen) atoms. The molecule has 0 atom stereocenters. The molecule has 14 heteroatoms. The second-order valence-electron chi connectivity index (χ2n) is 24.9. The van der Waals surface area contributed by atoms with Crippen molar-refractivity contribution in [2.24, 2.45) is 0 Å². The van der Waals surface area contributed by atoms with Crippen molar-refractivity contribution < 1.29 is 12.6 Å². The second kappa shape index (κ2) is 24.9. The summed E-state index contributed by atoms with van der Waals surface area (Å²) in [4.78, 5) is 5.96. The van der Waals surface area contributed by atoms with Gasteiger partial charge < -0.3 is 23.6 Å². The third-order valence-electron chi connectivity index (χ3n) is 19.0. The molecular weight excluding hydrogens is 1340 g/mol. The Morgan fingerprint density at radius 1 is 0.444 bits per heavy atom. The van der Waals surface area contributed by atoms with Gasteiger partial charge in [-0.05, 0) is 163 Å². The van der Waals surface area contributed by atoms with Crippen LogP contribution in [0.4, 0.5) is 5.69 Å². The summed E-state index contributed by atoms with van der Waals surface area (Å²) in [5, 5.41) is 14.0. The van der Waals surface area contributed by atoms with Crippen LogP contribution in [-0.2, 0) is 33.1 Å². The van der Waals surface area contributed by atoms with Crippen molar-refractivity contribution in [1.29, 1.82) is 0 Å². The predicted molar refractivity (Wildman–Crippen MR) is 418 cm³/mol. The summed E-state index contributed by atoms with van der Waals surface area (Å²) < 4.78 is 43.9. The van der Waals surface area contributed by atoms with E-state index in [1.165, 1.54) is 99.3 Å². The normalized spacial score (nSPS) is 12.6. The minimum absolute atomic E-state index is 0. The zero-order valence-corrected chi connectivity index (χ0v) is 56.9. The fourth-order valence-electron chi connectivity index (χ4n) is 14.6. The number of thioether (sulfide) groups is 1. The summed E-state index contributed by atoms with van der Waals surface area (Å²) in [5.74, 6) is 0.904. The number of benzene rings is 13. The maximum atomic E-state index is 12.9. The molecule has 480 valence electrons. The Bertz CT molecular complexity index is 6280. The van der Waals surface area contributed by atoms with Crippen LogP contribution in [0.3, 0.4) is 0 Å². The molecule has 0 fully saturated rings. The smallest absolute Gasteiger partial charge is 0.297 e. The summed E-state index contributed by atoms with van der Waals surface area (Å²) >= 11 is 10.4. The van der Waals surface area contributed by atoms with Crippen molar-refractivity contribution in [1.82, 2.24) is 27.8 Å². The molecule has 7 heterocycles. The number of fused-ring (bicyclic) bond motifs is 18. The van der Waals surface area contributed by atoms with Gasteiger partial charge in [0.2, 0.25) is 0 Å². The molecule has 0 saturated heterocycles. The SMILES string of the molecule is C.Cc1ccc(S(=O)(=O)OCc2cc(-n3c4ccccc4c4cc(-n5c6ccccc6c6ccccc65)ccc43)ccc2Br)cc1.S=C1Cc2ccccc2N1.c1ccc2c(c1)nc1n2-c2ccc(-n3c4ccccc4c4cc(-n5c6ccccc6c6ccccc65)ccc43)cc2CS1. The van der Waals surface area contributed by atoms with E-state index in [-0.39, 0.29) is 18.9 Å². The largest absolute Gasteiger partial charge is 0.350 e. The van der Waals surface area contributed by atoms with E-state index in [4.69, 9.17) is 21.4 Å². The number of rotatable bonds is 8. The molecule has 0 aliphatic carbocycles. The van der Waals surface area contributed by atoms with E-state index in [1.54, 1.807) is 24.3 Å². The molecule has 0 spiro atoms. The first-order chi connectivity index (χ1) is 48.1. The predicted octanol–water partition coefficient (Wildman–Crippen LogP) is 22.3. The van der Waals surface area contributed by atoms with Crippen LogP contribution in [0.1, 0.15) is 29.7 Å². The molecule has 2 aliphatic rings. The van der Waals surface area contributed by atoms with E-state index in [0.717, 1.165) is 82.1 Å². The van der Waals surface area contributed by atoms with Crippen LogP contribution in [-0.4, -0.2) is 41.2 Å². The Hall–Kier alpha value is -10.8. The van der Waals surface area contributed by atoms with E-state index >= 15 is 0 Å². The van der Waals surface area contributed by atoms with Gasteiger partial charge >= 0.3 is 0 Å². The number of nitrogens with one attached hydrogen (secondary N) is 1. The van der Waals surface area contributed by atoms with Crippen molar-refractivity contribution in [2.45, 2.75) is 43.2 Å². The maximum Gasteiger partial charge on any atom is 0.297 e. The topological polar surface area (TPSA) is 92.9 Å². The van der Waals surface area contributed by atoms with Gasteiger partial charge in [-0.2, -0.15) is 8.42 Å². The van der Waals surface area contributed by atoms with Crippen molar-refractivity contribution in [3.8, 4) is 28.4 Å². The van der Waals surface area contributed by atoms with Crippen LogP contribution >= 0.6 is 39.9 Å². The van der Waals surface area contributed by atoms with E-state index in [2.05, 4.69) is 275 Å². The quantitative estimate of drug-likeness (QED) is 0.120. The number of aryl methyl sites for hydroxylation is 1. The number of para-hydroxylation sites is 9. The fourth-order valence-corrected chi connectivity index (χ4v) is 17.1. The van der Waals surface area contributed by atoms with Crippen LogP contribution < -0.4 is 5.32 Å². The van der Waals surface area contributed by atoms with Gasteiger partial charge in [0, 0.05) is 88.2 Å². The zero-order valence-electron chi connectivity index (χ0n) is 52.8. The van der Waals surface area contributed by atoms with Gasteiger partial charge in [-0.1, -0.05) is 205 Å². The van der Waals surface area contributed by atoms with Gasteiger partial charge in [0.15, 0.2) is 5.16 Å². The molecule has 0 saturated carbocycles. The van der Waals surface area contributed by atoms with Gasteiger partial charge in [-0.25, -0.2) is 4.98 Å². The van der Waals surface area contributed by atoms with Crippen molar-refractivity contribution >= 4 is 159 Å². The van der Waals surface area contributed by atoms with E-state index in [0.29, 0.717) is 0 Å². The first-order valence-electron chi connectivity index (χ1n) is 32.5. The van der Waals surface area contributed by atoms with Crippen molar-refractivity contribution in [3.63, 3.8) is 0 Å².